The molecule has 1 saturated heterocycles. The maximum absolute atomic E-state index is 13.1. The normalized spacial score (nSPS) is 22.0. The summed E-state index contributed by atoms with van der Waals surface area (Å²) in [5, 5.41) is 7.26. The first-order valence-electron chi connectivity index (χ1n) is 9.03. The minimum Gasteiger partial charge on any atom is -0.327 e. The van der Waals surface area contributed by atoms with Gasteiger partial charge in [0.25, 0.3) is 5.91 Å². The Morgan fingerprint density at radius 1 is 1.28 bits per heavy atom. The molecule has 1 saturated carbocycles. The van der Waals surface area contributed by atoms with E-state index < -0.39 is 0 Å². The van der Waals surface area contributed by atoms with Crippen molar-refractivity contribution >= 4 is 5.91 Å². The molecule has 4 rings (SSSR count). The Bertz CT molecular complexity index is 726. The second kappa shape index (κ2) is 6.92. The van der Waals surface area contributed by atoms with Crippen molar-refractivity contribution in [2.24, 2.45) is 5.92 Å². The van der Waals surface area contributed by atoms with Gasteiger partial charge in [-0.1, -0.05) is 0 Å². The van der Waals surface area contributed by atoms with Crippen molar-refractivity contribution in [3.8, 4) is 0 Å². The molecule has 1 unspecified atom stereocenters. The molecule has 7 heteroatoms. The van der Waals surface area contributed by atoms with E-state index in [1.807, 2.05) is 17.9 Å². The molecule has 1 N–H and O–H groups in total. The van der Waals surface area contributed by atoms with Gasteiger partial charge in [-0.05, 0) is 44.2 Å². The van der Waals surface area contributed by atoms with Crippen LogP contribution in [0.2, 0.25) is 0 Å². The lowest BCUT2D eigenvalue weighted by Crippen LogP contribution is -2.37. The Morgan fingerprint density at radius 2 is 2.16 bits per heavy atom. The number of nitrogens with zero attached hydrogens (tertiary/aromatic N) is 5. The lowest BCUT2D eigenvalue weighted by Gasteiger charge is -2.27. The molecule has 1 atom stereocenters. The fourth-order valence-electron chi connectivity index (χ4n) is 3.50. The molecule has 132 valence electrons. The van der Waals surface area contributed by atoms with E-state index in [1.165, 1.54) is 12.8 Å². The third-order valence-electron chi connectivity index (χ3n) is 5.05. The molecule has 2 aliphatic rings. The quantitative estimate of drug-likeness (QED) is 0.918. The monoisotopic (exact) mass is 340 g/mol. The Hall–Kier alpha value is -2.28. The summed E-state index contributed by atoms with van der Waals surface area (Å²) in [6, 6.07) is 3.53. The van der Waals surface area contributed by atoms with E-state index in [1.54, 1.807) is 18.5 Å². The molecule has 1 aliphatic heterocycles. The van der Waals surface area contributed by atoms with Crippen molar-refractivity contribution in [2.75, 3.05) is 26.2 Å². The number of carbonyl (C=O) groups excluding carboxylic acids is 1. The Morgan fingerprint density at radius 3 is 2.84 bits per heavy atom. The van der Waals surface area contributed by atoms with Crippen molar-refractivity contribution in [1.29, 1.82) is 0 Å². The van der Waals surface area contributed by atoms with Crippen LogP contribution in [0.25, 0.3) is 0 Å². The zero-order chi connectivity index (χ0) is 17.2. The number of rotatable bonds is 4. The summed E-state index contributed by atoms with van der Waals surface area (Å²) in [5.41, 5.74) is 0.621. The van der Waals surface area contributed by atoms with E-state index in [-0.39, 0.29) is 11.9 Å². The summed E-state index contributed by atoms with van der Waals surface area (Å²) in [5.74, 6) is 2.35. The van der Waals surface area contributed by atoms with Crippen LogP contribution in [0.4, 0.5) is 0 Å². The molecule has 0 spiro atoms. The summed E-state index contributed by atoms with van der Waals surface area (Å²) in [6.07, 6.45) is 6.87. The molecule has 3 heterocycles. The number of pyridine rings is 1. The molecule has 7 nitrogen and oxygen atoms in total. The second-order valence-corrected chi connectivity index (χ2v) is 7.07. The van der Waals surface area contributed by atoms with Crippen LogP contribution in [-0.4, -0.2) is 62.1 Å². The average molecular weight is 340 g/mol. The SMILES string of the molecule is Cc1nc(C2CCN(CC3CC3)CCN2C(=O)c2cccnc2)n[nH]1. The standard InChI is InChI=1S/C18H24N6O/c1-13-20-17(22-21-13)16-6-8-23(12-14-4-5-14)9-10-24(16)18(25)15-3-2-7-19-11-15/h2-3,7,11,14,16H,4-6,8-10,12H2,1H3,(H,20,21,22). The Kier molecular flexibility index (Phi) is 4.48. The maximum Gasteiger partial charge on any atom is 0.256 e. The van der Waals surface area contributed by atoms with Crippen LogP contribution >= 0.6 is 0 Å². The van der Waals surface area contributed by atoms with Crippen molar-refractivity contribution in [3.63, 3.8) is 0 Å². The molecule has 0 bridgehead atoms. The number of H-pyrrole nitrogens is 1. The van der Waals surface area contributed by atoms with Gasteiger partial charge in [0.1, 0.15) is 5.82 Å². The third kappa shape index (κ3) is 3.71. The van der Waals surface area contributed by atoms with E-state index >= 15 is 0 Å². The fourth-order valence-corrected chi connectivity index (χ4v) is 3.50. The highest BCUT2D eigenvalue weighted by Gasteiger charge is 2.33. The van der Waals surface area contributed by atoms with Crippen LogP contribution in [0.15, 0.2) is 24.5 Å². The molecule has 2 fully saturated rings. The van der Waals surface area contributed by atoms with E-state index in [0.29, 0.717) is 17.9 Å². The van der Waals surface area contributed by atoms with E-state index in [9.17, 15) is 4.79 Å². The fraction of sp³-hybridized carbons (Fsp3) is 0.556. The number of hydrogen-bond acceptors (Lipinski definition) is 5. The summed E-state index contributed by atoms with van der Waals surface area (Å²) in [7, 11) is 0. The van der Waals surface area contributed by atoms with Gasteiger partial charge in [0.2, 0.25) is 0 Å². The second-order valence-electron chi connectivity index (χ2n) is 7.07. The van der Waals surface area contributed by atoms with Gasteiger partial charge >= 0.3 is 0 Å². The van der Waals surface area contributed by atoms with Gasteiger partial charge in [-0.15, -0.1) is 0 Å². The number of aromatic nitrogens is 4. The first-order valence-corrected chi connectivity index (χ1v) is 9.03. The molecular weight excluding hydrogens is 316 g/mol. The summed E-state index contributed by atoms with van der Waals surface area (Å²) in [4.78, 5) is 26.1. The van der Waals surface area contributed by atoms with Crippen LogP contribution in [0.5, 0.6) is 0 Å². The molecular formula is C18H24N6O. The highest BCUT2D eigenvalue weighted by Crippen LogP contribution is 2.32. The topological polar surface area (TPSA) is 78.0 Å². The van der Waals surface area contributed by atoms with Crippen molar-refractivity contribution in [1.82, 2.24) is 30.0 Å². The number of aryl methyl sites for hydroxylation is 1. The van der Waals surface area contributed by atoms with Crippen LogP contribution in [-0.2, 0) is 0 Å². The number of amides is 1. The zero-order valence-electron chi connectivity index (χ0n) is 14.6. The van der Waals surface area contributed by atoms with E-state index in [0.717, 1.165) is 37.8 Å². The average Bonchev–Trinajstić information content (AvgIpc) is 3.39. The van der Waals surface area contributed by atoms with Gasteiger partial charge in [-0.25, -0.2) is 4.98 Å². The lowest BCUT2D eigenvalue weighted by atomic mass is 10.1. The smallest absolute Gasteiger partial charge is 0.256 e. The predicted molar refractivity (Wildman–Crippen MR) is 92.9 cm³/mol. The van der Waals surface area contributed by atoms with Crippen LogP contribution in [0.1, 0.15) is 47.3 Å². The van der Waals surface area contributed by atoms with E-state index in [2.05, 4.69) is 25.1 Å². The summed E-state index contributed by atoms with van der Waals surface area (Å²) >= 11 is 0. The van der Waals surface area contributed by atoms with Crippen molar-refractivity contribution in [3.05, 3.63) is 41.7 Å². The third-order valence-corrected chi connectivity index (χ3v) is 5.05. The maximum atomic E-state index is 13.1. The van der Waals surface area contributed by atoms with Gasteiger partial charge < -0.3 is 9.80 Å². The van der Waals surface area contributed by atoms with Crippen LogP contribution < -0.4 is 0 Å². The van der Waals surface area contributed by atoms with Gasteiger partial charge in [-0.2, -0.15) is 5.10 Å². The minimum absolute atomic E-state index is 0.00817. The van der Waals surface area contributed by atoms with Gasteiger partial charge in [-0.3, -0.25) is 14.9 Å². The highest BCUT2D eigenvalue weighted by atomic mass is 16.2. The highest BCUT2D eigenvalue weighted by molar-refractivity contribution is 5.94. The molecule has 0 radical (unpaired) electrons. The van der Waals surface area contributed by atoms with Crippen molar-refractivity contribution in [2.45, 2.75) is 32.2 Å². The minimum atomic E-state index is -0.0955. The largest absolute Gasteiger partial charge is 0.327 e. The molecule has 0 aromatic carbocycles. The number of hydrogen-bond donors (Lipinski definition) is 1. The summed E-state index contributed by atoms with van der Waals surface area (Å²) in [6.45, 7) is 5.61. The van der Waals surface area contributed by atoms with Gasteiger partial charge in [0, 0.05) is 38.6 Å². The summed E-state index contributed by atoms with van der Waals surface area (Å²) < 4.78 is 0. The first-order chi connectivity index (χ1) is 12.2. The van der Waals surface area contributed by atoms with Gasteiger partial charge in [0.15, 0.2) is 5.82 Å². The number of nitrogens with one attached hydrogen (secondary N) is 1. The molecule has 2 aromatic rings. The van der Waals surface area contributed by atoms with Crippen LogP contribution in [0.3, 0.4) is 0 Å². The number of aromatic amines is 1. The molecule has 1 aliphatic carbocycles. The molecule has 1 amide bonds. The Balaban J connectivity index is 1.58. The first kappa shape index (κ1) is 16.2. The lowest BCUT2D eigenvalue weighted by molar-refractivity contribution is 0.0677. The number of carbonyl (C=O) groups is 1. The van der Waals surface area contributed by atoms with Crippen LogP contribution in [0, 0.1) is 12.8 Å². The Labute approximate surface area is 147 Å². The molecule has 2 aromatic heterocycles. The molecule has 25 heavy (non-hydrogen) atoms. The van der Waals surface area contributed by atoms with Gasteiger partial charge in [0.05, 0.1) is 11.6 Å². The van der Waals surface area contributed by atoms with E-state index in [4.69, 9.17) is 0 Å². The predicted octanol–water partition coefficient (Wildman–Crippen LogP) is 1.81. The van der Waals surface area contributed by atoms with Crippen molar-refractivity contribution < 1.29 is 4.79 Å². The zero-order valence-corrected chi connectivity index (χ0v) is 14.6.